The SMILES string of the molecule is CC(C)NCCc1nnc(-c2cc3ccccc3s2)o1. The number of aromatic nitrogens is 2. The summed E-state index contributed by atoms with van der Waals surface area (Å²) in [4.78, 5) is 1.03. The first-order valence-corrected chi connectivity index (χ1v) is 7.59. The summed E-state index contributed by atoms with van der Waals surface area (Å²) in [6.07, 6.45) is 0.760. The van der Waals surface area contributed by atoms with E-state index in [0.29, 0.717) is 17.8 Å². The van der Waals surface area contributed by atoms with Crippen LogP contribution < -0.4 is 5.32 Å². The van der Waals surface area contributed by atoms with Crippen molar-refractivity contribution in [1.82, 2.24) is 15.5 Å². The summed E-state index contributed by atoms with van der Waals surface area (Å²) in [5, 5.41) is 12.8. The van der Waals surface area contributed by atoms with E-state index in [4.69, 9.17) is 4.42 Å². The normalized spacial score (nSPS) is 11.6. The lowest BCUT2D eigenvalue weighted by atomic mass is 10.2. The molecule has 2 aromatic heterocycles. The van der Waals surface area contributed by atoms with E-state index in [1.54, 1.807) is 11.3 Å². The van der Waals surface area contributed by atoms with Gasteiger partial charge >= 0.3 is 0 Å². The zero-order chi connectivity index (χ0) is 13.9. The molecule has 0 aliphatic carbocycles. The molecule has 1 aromatic carbocycles. The third kappa shape index (κ3) is 2.89. The highest BCUT2D eigenvalue weighted by Crippen LogP contribution is 2.32. The predicted molar refractivity (Wildman–Crippen MR) is 82.0 cm³/mol. The summed E-state index contributed by atoms with van der Waals surface area (Å²) < 4.78 is 6.97. The minimum atomic E-state index is 0.472. The van der Waals surface area contributed by atoms with Gasteiger partial charge in [0.1, 0.15) is 0 Å². The van der Waals surface area contributed by atoms with Gasteiger partial charge in [0.25, 0.3) is 5.89 Å². The van der Waals surface area contributed by atoms with Crippen LogP contribution in [0.2, 0.25) is 0 Å². The van der Waals surface area contributed by atoms with Crippen LogP contribution in [0.1, 0.15) is 19.7 Å². The van der Waals surface area contributed by atoms with Crippen molar-refractivity contribution in [1.29, 1.82) is 0 Å². The molecule has 4 nitrogen and oxygen atoms in total. The molecule has 0 aliphatic heterocycles. The summed E-state index contributed by atoms with van der Waals surface area (Å²) in [7, 11) is 0. The van der Waals surface area contributed by atoms with Gasteiger partial charge in [-0.3, -0.25) is 0 Å². The summed E-state index contributed by atoms with van der Waals surface area (Å²) in [6, 6.07) is 10.9. The number of rotatable bonds is 5. The second-order valence-electron chi connectivity index (χ2n) is 5.01. The highest BCUT2D eigenvalue weighted by molar-refractivity contribution is 7.22. The number of nitrogens with zero attached hydrogens (tertiary/aromatic N) is 2. The van der Waals surface area contributed by atoms with Gasteiger partial charge in [0.2, 0.25) is 5.89 Å². The lowest BCUT2D eigenvalue weighted by Crippen LogP contribution is -2.25. The molecule has 5 heteroatoms. The molecule has 3 rings (SSSR count). The Morgan fingerprint density at radius 1 is 1.25 bits per heavy atom. The maximum Gasteiger partial charge on any atom is 0.257 e. The molecule has 0 unspecified atom stereocenters. The molecule has 3 aromatic rings. The van der Waals surface area contributed by atoms with Crippen molar-refractivity contribution < 1.29 is 4.42 Å². The van der Waals surface area contributed by atoms with Crippen LogP contribution in [0.25, 0.3) is 20.9 Å². The van der Waals surface area contributed by atoms with E-state index < -0.39 is 0 Å². The van der Waals surface area contributed by atoms with Crippen molar-refractivity contribution in [3.8, 4) is 10.8 Å². The maximum atomic E-state index is 5.73. The Kier molecular flexibility index (Phi) is 3.80. The fourth-order valence-electron chi connectivity index (χ4n) is 2.01. The summed E-state index contributed by atoms with van der Waals surface area (Å²) in [5.74, 6) is 1.30. The van der Waals surface area contributed by atoms with Crippen LogP contribution in [0.15, 0.2) is 34.7 Å². The highest BCUT2D eigenvalue weighted by atomic mass is 32.1. The van der Waals surface area contributed by atoms with Crippen molar-refractivity contribution in [2.75, 3.05) is 6.54 Å². The molecule has 0 aliphatic rings. The molecule has 0 bridgehead atoms. The predicted octanol–water partition coefficient (Wildman–Crippen LogP) is 3.49. The van der Waals surface area contributed by atoms with Crippen LogP contribution >= 0.6 is 11.3 Å². The van der Waals surface area contributed by atoms with Crippen LogP contribution in [-0.4, -0.2) is 22.8 Å². The monoisotopic (exact) mass is 287 g/mol. The summed E-state index contributed by atoms with van der Waals surface area (Å²) >= 11 is 1.68. The fourth-order valence-corrected chi connectivity index (χ4v) is 2.99. The van der Waals surface area contributed by atoms with E-state index in [-0.39, 0.29) is 0 Å². The molecule has 1 N–H and O–H groups in total. The summed E-state index contributed by atoms with van der Waals surface area (Å²) in [6.45, 7) is 5.10. The van der Waals surface area contributed by atoms with Crippen LogP contribution in [0.3, 0.4) is 0 Å². The van der Waals surface area contributed by atoms with Crippen LogP contribution in [0, 0.1) is 0 Å². The number of thiophene rings is 1. The first kappa shape index (κ1) is 13.3. The van der Waals surface area contributed by atoms with Gasteiger partial charge in [-0.15, -0.1) is 21.5 Å². The van der Waals surface area contributed by atoms with Gasteiger partial charge in [0.05, 0.1) is 4.88 Å². The van der Waals surface area contributed by atoms with Crippen LogP contribution in [0.5, 0.6) is 0 Å². The van der Waals surface area contributed by atoms with Crippen molar-refractivity contribution in [3.05, 3.63) is 36.2 Å². The second kappa shape index (κ2) is 5.73. The number of nitrogens with one attached hydrogen (secondary N) is 1. The molecular formula is C15H17N3OS. The Hall–Kier alpha value is -1.72. The van der Waals surface area contributed by atoms with Crippen molar-refractivity contribution in [2.45, 2.75) is 26.3 Å². The Morgan fingerprint density at radius 2 is 2.10 bits per heavy atom. The Labute approximate surface area is 121 Å². The minimum Gasteiger partial charge on any atom is -0.420 e. The molecule has 2 heterocycles. The Balaban J connectivity index is 1.75. The van der Waals surface area contributed by atoms with Crippen molar-refractivity contribution in [2.24, 2.45) is 0 Å². The zero-order valence-electron chi connectivity index (χ0n) is 11.6. The van der Waals surface area contributed by atoms with Crippen LogP contribution in [0.4, 0.5) is 0 Å². The van der Waals surface area contributed by atoms with E-state index in [0.717, 1.165) is 17.8 Å². The molecule has 0 saturated carbocycles. The van der Waals surface area contributed by atoms with Crippen molar-refractivity contribution >= 4 is 21.4 Å². The van der Waals surface area contributed by atoms with E-state index >= 15 is 0 Å². The van der Waals surface area contributed by atoms with Crippen LogP contribution in [-0.2, 0) is 6.42 Å². The van der Waals surface area contributed by atoms with E-state index in [1.807, 2.05) is 12.1 Å². The lowest BCUT2D eigenvalue weighted by Gasteiger charge is -2.04. The molecule has 0 saturated heterocycles. The molecular weight excluding hydrogens is 270 g/mol. The molecule has 0 fully saturated rings. The second-order valence-corrected chi connectivity index (χ2v) is 6.09. The van der Waals surface area contributed by atoms with E-state index in [9.17, 15) is 0 Å². The van der Waals surface area contributed by atoms with Gasteiger partial charge in [-0.2, -0.15) is 0 Å². The highest BCUT2D eigenvalue weighted by Gasteiger charge is 2.11. The number of hydrogen-bond donors (Lipinski definition) is 1. The average molecular weight is 287 g/mol. The lowest BCUT2D eigenvalue weighted by molar-refractivity contribution is 0.485. The molecule has 0 amide bonds. The number of benzene rings is 1. The van der Waals surface area contributed by atoms with Gasteiger partial charge in [-0.25, -0.2) is 0 Å². The standard InChI is InChI=1S/C15H17N3OS/c1-10(2)16-8-7-14-17-18-15(19-14)13-9-11-5-3-4-6-12(11)20-13/h3-6,9-10,16H,7-8H2,1-2H3. The largest absolute Gasteiger partial charge is 0.420 e. The molecule has 0 atom stereocenters. The van der Waals surface area contributed by atoms with Crippen molar-refractivity contribution in [3.63, 3.8) is 0 Å². The number of hydrogen-bond acceptors (Lipinski definition) is 5. The van der Waals surface area contributed by atoms with Gasteiger partial charge in [0.15, 0.2) is 0 Å². The molecule has 20 heavy (non-hydrogen) atoms. The Bertz CT molecular complexity index is 669. The minimum absolute atomic E-state index is 0.472. The quantitative estimate of drug-likeness (QED) is 0.780. The van der Waals surface area contributed by atoms with E-state index in [2.05, 4.69) is 47.6 Å². The Morgan fingerprint density at radius 3 is 2.90 bits per heavy atom. The third-order valence-electron chi connectivity index (χ3n) is 2.99. The molecule has 0 radical (unpaired) electrons. The average Bonchev–Trinajstić information content (AvgIpc) is 3.03. The molecule has 0 spiro atoms. The third-order valence-corrected chi connectivity index (χ3v) is 4.10. The van der Waals surface area contributed by atoms with Gasteiger partial charge in [0, 0.05) is 23.7 Å². The first-order chi connectivity index (χ1) is 9.72. The fraction of sp³-hybridized carbons (Fsp3) is 0.333. The molecule has 104 valence electrons. The first-order valence-electron chi connectivity index (χ1n) is 6.77. The van der Waals surface area contributed by atoms with Gasteiger partial charge < -0.3 is 9.73 Å². The van der Waals surface area contributed by atoms with E-state index in [1.165, 1.54) is 10.1 Å². The number of fused-ring (bicyclic) bond motifs is 1. The zero-order valence-corrected chi connectivity index (χ0v) is 12.4. The van der Waals surface area contributed by atoms with Gasteiger partial charge in [-0.05, 0) is 17.5 Å². The topological polar surface area (TPSA) is 51.0 Å². The summed E-state index contributed by atoms with van der Waals surface area (Å²) in [5.41, 5.74) is 0. The maximum absolute atomic E-state index is 5.73. The van der Waals surface area contributed by atoms with Gasteiger partial charge in [-0.1, -0.05) is 32.0 Å². The smallest absolute Gasteiger partial charge is 0.257 e.